The zero-order valence-corrected chi connectivity index (χ0v) is 16.2. The molecule has 1 aliphatic heterocycles. The van der Waals surface area contributed by atoms with Crippen LogP contribution in [0.3, 0.4) is 0 Å². The fourth-order valence-corrected chi connectivity index (χ4v) is 2.94. The van der Waals surface area contributed by atoms with Gasteiger partial charge in [-0.15, -0.1) is 0 Å². The van der Waals surface area contributed by atoms with E-state index in [4.69, 9.17) is 4.74 Å². The van der Waals surface area contributed by atoms with Gasteiger partial charge in [0.15, 0.2) is 0 Å². The molecule has 148 valence electrons. The second-order valence-electron chi connectivity index (χ2n) is 6.44. The largest absolute Gasteiger partial charge is 0.450 e. The van der Waals surface area contributed by atoms with Crippen LogP contribution in [0.2, 0.25) is 0 Å². The molecule has 0 aliphatic carbocycles. The fraction of sp³-hybridized carbons (Fsp3) is 0.400. The van der Waals surface area contributed by atoms with Crippen molar-refractivity contribution in [3.8, 4) is 0 Å². The summed E-state index contributed by atoms with van der Waals surface area (Å²) in [6.45, 7) is 6.02. The number of hydrogen-bond donors (Lipinski definition) is 1. The Labute approximate surface area is 164 Å². The molecule has 2 aromatic rings. The highest BCUT2D eigenvalue weighted by molar-refractivity contribution is 5.92. The molecule has 2 heterocycles. The van der Waals surface area contributed by atoms with Crippen molar-refractivity contribution in [3.63, 3.8) is 0 Å². The van der Waals surface area contributed by atoms with E-state index >= 15 is 0 Å². The number of ether oxygens (including phenoxy) is 1. The number of nitrogens with zero attached hydrogens (tertiary/aromatic N) is 4. The SMILES string of the molecule is CCOC(=O)N1CCN(C(=O)c2cnc(Nc3ccc(CC)cc3)cn2)CC1. The summed E-state index contributed by atoms with van der Waals surface area (Å²) < 4.78 is 4.99. The van der Waals surface area contributed by atoms with Crippen molar-refractivity contribution < 1.29 is 14.3 Å². The van der Waals surface area contributed by atoms with Crippen LogP contribution in [-0.2, 0) is 11.2 Å². The molecule has 0 radical (unpaired) electrons. The van der Waals surface area contributed by atoms with Crippen molar-refractivity contribution in [2.75, 3.05) is 38.1 Å². The molecule has 0 spiro atoms. The summed E-state index contributed by atoms with van der Waals surface area (Å²) in [6.07, 6.45) is 3.68. The number of anilines is 2. The average Bonchev–Trinajstić information content (AvgIpc) is 2.74. The third-order valence-corrected chi connectivity index (χ3v) is 4.60. The van der Waals surface area contributed by atoms with Gasteiger partial charge in [0.05, 0.1) is 19.0 Å². The van der Waals surface area contributed by atoms with Crippen LogP contribution in [0, 0.1) is 0 Å². The molecular weight excluding hydrogens is 358 g/mol. The number of amides is 2. The molecule has 3 rings (SSSR count). The Morgan fingerprint density at radius 2 is 1.68 bits per heavy atom. The highest BCUT2D eigenvalue weighted by atomic mass is 16.6. The molecule has 1 fully saturated rings. The van der Waals surface area contributed by atoms with Gasteiger partial charge >= 0.3 is 6.09 Å². The van der Waals surface area contributed by atoms with Crippen LogP contribution in [0.25, 0.3) is 0 Å². The highest BCUT2D eigenvalue weighted by Crippen LogP contribution is 2.15. The Kier molecular flexibility index (Phi) is 6.41. The Morgan fingerprint density at radius 3 is 2.25 bits per heavy atom. The van der Waals surface area contributed by atoms with Gasteiger partial charge in [0.2, 0.25) is 0 Å². The maximum Gasteiger partial charge on any atom is 0.409 e. The van der Waals surface area contributed by atoms with E-state index in [9.17, 15) is 9.59 Å². The molecule has 0 saturated carbocycles. The standard InChI is InChI=1S/C20H25N5O3/c1-3-15-5-7-16(8-6-15)23-18-14-21-17(13-22-18)19(26)24-9-11-25(12-10-24)20(27)28-4-2/h5-8,13-14H,3-4,9-12H2,1-2H3,(H,22,23). The number of benzene rings is 1. The van der Waals surface area contributed by atoms with Crippen molar-refractivity contribution in [1.29, 1.82) is 0 Å². The molecule has 28 heavy (non-hydrogen) atoms. The van der Waals surface area contributed by atoms with Crippen molar-refractivity contribution in [2.24, 2.45) is 0 Å². The number of aryl methyl sites for hydroxylation is 1. The van der Waals surface area contributed by atoms with E-state index in [1.165, 1.54) is 11.8 Å². The molecule has 1 aliphatic rings. The van der Waals surface area contributed by atoms with E-state index in [-0.39, 0.29) is 17.7 Å². The smallest absolute Gasteiger partial charge is 0.409 e. The van der Waals surface area contributed by atoms with E-state index < -0.39 is 0 Å². The lowest BCUT2D eigenvalue weighted by Crippen LogP contribution is -2.50. The van der Waals surface area contributed by atoms with Crippen molar-refractivity contribution in [3.05, 3.63) is 47.9 Å². The zero-order chi connectivity index (χ0) is 19.9. The molecule has 0 atom stereocenters. The summed E-state index contributed by atoms with van der Waals surface area (Å²) in [4.78, 5) is 36.2. The van der Waals surface area contributed by atoms with Crippen LogP contribution < -0.4 is 5.32 Å². The maximum atomic E-state index is 12.6. The second-order valence-corrected chi connectivity index (χ2v) is 6.44. The van der Waals surface area contributed by atoms with Gasteiger partial charge in [0, 0.05) is 31.9 Å². The average molecular weight is 383 g/mol. The Hall–Kier alpha value is -3.16. The van der Waals surface area contributed by atoms with E-state index in [1.54, 1.807) is 22.9 Å². The van der Waals surface area contributed by atoms with Crippen LogP contribution in [0.4, 0.5) is 16.3 Å². The van der Waals surface area contributed by atoms with Crippen molar-refractivity contribution in [2.45, 2.75) is 20.3 Å². The third-order valence-electron chi connectivity index (χ3n) is 4.60. The highest BCUT2D eigenvalue weighted by Gasteiger charge is 2.26. The van der Waals surface area contributed by atoms with E-state index in [0.29, 0.717) is 38.6 Å². The summed E-state index contributed by atoms with van der Waals surface area (Å²) >= 11 is 0. The van der Waals surface area contributed by atoms with Crippen LogP contribution in [-0.4, -0.2) is 64.6 Å². The van der Waals surface area contributed by atoms with Crippen LogP contribution in [0.5, 0.6) is 0 Å². The molecule has 1 aromatic heterocycles. The Balaban J connectivity index is 1.55. The summed E-state index contributed by atoms with van der Waals surface area (Å²) in [7, 11) is 0. The quantitative estimate of drug-likeness (QED) is 0.854. The van der Waals surface area contributed by atoms with E-state index in [1.807, 2.05) is 12.1 Å². The molecule has 1 N–H and O–H groups in total. The molecule has 8 nitrogen and oxygen atoms in total. The molecule has 1 aromatic carbocycles. The maximum absolute atomic E-state index is 12.6. The molecule has 8 heteroatoms. The lowest BCUT2D eigenvalue weighted by Gasteiger charge is -2.33. The number of piperazine rings is 1. The number of nitrogens with one attached hydrogen (secondary N) is 1. The van der Waals surface area contributed by atoms with Crippen LogP contribution >= 0.6 is 0 Å². The van der Waals surface area contributed by atoms with E-state index in [2.05, 4.69) is 34.3 Å². The third kappa shape index (κ3) is 4.76. The molecule has 1 saturated heterocycles. The monoisotopic (exact) mass is 383 g/mol. The van der Waals surface area contributed by atoms with Gasteiger partial charge in [-0.25, -0.2) is 14.8 Å². The van der Waals surface area contributed by atoms with Crippen LogP contribution in [0.15, 0.2) is 36.7 Å². The summed E-state index contributed by atoms with van der Waals surface area (Å²) in [5.41, 5.74) is 2.47. The lowest BCUT2D eigenvalue weighted by atomic mass is 10.1. The Morgan fingerprint density at radius 1 is 1.00 bits per heavy atom. The number of hydrogen-bond acceptors (Lipinski definition) is 6. The minimum atomic E-state index is -0.336. The first kappa shape index (κ1) is 19.6. The van der Waals surface area contributed by atoms with Gasteiger partial charge in [-0.05, 0) is 31.0 Å². The van der Waals surface area contributed by atoms with Gasteiger partial charge in [-0.2, -0.15) is 0 Å². The van der Waals surface area contributed by atoms with Gasteiger partial charge < -0.3 is 19.9 Å². The molecular formula is C20H25N5O3. The zero-order valence-electron chi connectivity index (χ0n) is 16.2. The molecule has 2 amide bonds. The predicted octanol–water partition coefficient (Wildman–Crippen LogP) is 2.70. The van der Waals surface area contributed by atoms with Gasteiger partial charge in [-0.1, -0.05) is 19.1 Å². The predicted molar refractivity (Wildman–Crippen MR) is 106 cm³/mol. The van der Waals surface area contributed by atoms with Gasteiger partial charge in [0.1, 0.15) is 11.5 Å². The topological polar surface area (TPSA) is 87.7 Å². The van der Waals surface area contributed by atoms with Crippen molar-refractivity contribution in [1.82, 2.24) is 19.8 Å². The first-order valence-electron chi connectivity index (χ1n) is 9.49. The Bertz CT molecular complexity index is 800. The second kappa shape index (κ2) is 9.16. The number of carbonyl (C=O) groups is 2. The normalized spacial score (nSPS) is 13.9. The molecule has 0 unspecified atom stereocenters. The van der Waals surface area contributed by atoms with E-state index in [0.717, 1.165) is 12.1 Å². The summed E-state index contributed by atoms with van der Waals surface area (Å²) in [5, 5.41) is 3.17. The first-order chi connectivity index (χ1) is 13.6. The lowest BCUT2D eigenvalue weighted by molar-refractivity contribution is 0.0565. The van der Waals surface area contributed by atoms with Gasteiger partial charge in [-0.3, -0.25) is 4.79 Å². The minimum Gasteiger partial charge on any atom is -0.450 e. The first-order valence-corrected chi connectivity index (χ1v) is 9.49. The number of rotatable bonds is 5. The number of carbonyl (C=O) groups excluding carboxylic acids is 2. The number of aromatic nitrogens is 2. The summed E-state index contributed by atoms with van der Waals surface area (Å²) in [6, 6.07) is 8.10. The van der Waals surface area contributed by atoms with Gasteiger partial charge in [0.25, 0.3) is 5.91 Å². The minimum absolute atomic E-state index is 0.185. The summed E-state index contributed by atoms with van der Waals surface area (Å²) in [5.74, 6) is 0.391. The fourth-order valence-electron chi connectivity index (χ4n) is 2.94. The molecule has 0 bridgehead atoms. The van der Waals surface area contributed by atoms with Crippen molar-refractivity contribution >= 4 is 23.5 Å². The van der Waals surface area contributed by atoms with Crippen LogP contribution in [0.1, 0.15) is 29.9 Å².